The average molecular weight is 385 g/mol. The summed E-state index contributed by atoms with van der Waals surface area (Å²) in [5, 5.41) is 2.37. The molecule has 1 atom stereocenters. The summed E-state index contributed by atoms with van der Waals surface area (Å²) in [6.45, 7) is 0. The summed E-state index contributed by atoms with van der Waals surface area (Å²) >= 11 is 1.13. The Labute approximate surface area is 155 Å². The minimum absolute atomic E-state index is 0.0248. The Morgan fingerprint density at radius 2 is 1.46 bits per heavy atom. The molecular formula is C19H15NO4S2. The van der Waals surface area contributed by atoms with Crippen LogP contribution < -0.4 is 5.32 Å². The van der Waals surface area contributed by atoms with E-state index in [1.54, 1.807) is 60.0 Å². The number of thiophene rings is 1. The molecule has 0 bridgehead atoms. The monoisotopic (exact) mass is 385 g/mol. The lowest BCUT2D eigenvalue weighted by Crippen LogP contribution is -2.46. The molecular weight excluding hydrogens is 370 g/mol. The standard InChI is InChI=1S/C19H15NO4S2/c21-17(16-12-7-13-25-16)19(20-18(22)14-8-3-1-4-9-14)26(23,24)15-10-5-2-6-11-15/h1-13,19H,(H,20,22). The Bertz CT molecular complexity index is 998. The van der Waals surface area contributed by atoms with Crippen molar-refractivity contribution in [3.8, 4) is 0 Å². The highest BCUT2D eigenvalue weighted by molar-refractivity contribution is 7.92. The van der Waals surface area contributed by atoms with Gasteiger partial charge in [0.05, 0.1) is 9.77 Å². The molecule has 0 aliphatic heterocycles. The van der Waals surface area contributed by atoms with Gasteiger partial charge in [0.2, 0.25) is 21.0 Å². The van der Waals surface area contributed by atoms with Gasteiger partial charge in [0.15, 0.2) is 0 Å². The van der Waals surface area contributed by atoms with E-state index in [0.717, 1.165) is 11.3 Å². The number of benzene rings is 2. The third-order valence-corrected chi connectivity index (χ3v) is 6.45. The number of Topliss-reactive ketones (excluding diaryl/α,β-unsaturated/α-hetero) is 1. The van der Waals surface area contributed by atoms with Gasteiger partial charge in [0.25, 0.3) is 5.91 Å². The predicted molar refractivity (Wildman–Crippen MR) is 100.0 cm³/mol. The van der Waals surface area contributed by atoms with Crippen molar-refractivity contribution < 1.29 is 18.0 Å². The summed E-state index contributed by atoms with van der Waals surface area (Å²) in [7, 11) is -4.10. The quantitative estimate of drug-likeness (QED) is 0.661. The summed E-state index contributed by atoms with van der Waals surface area (Å²) in [6.07, 6.45) is 0. The summed E-state index contributed by atoms with van der Waals surface area (Å²) < 4.78 is 26.0. The van der Waals surface area contributed by atoms with Crippen molar-refractivity contribution in [3.63, 3.8) is 0 Å². The summed E-state index contributed by atoms with van der Waals surface area (Å²) in [6, 6.07) is 19.0. The number of amides is 1. The van der Waals surface area contributed by atoms with E-state index in [-0.39, 0.29) is 15.3 Å². The van der Waals surface area contributed by atoms with E-state index in [0.29, 0.717) is 0 Å². The van der Waals surface area contributed by atoms with Crippen LogP contribution in [0.4, 0.5) is 0 Å². The molecule has 0 aliphatic carbocycles. The third-order valence-electron chi connectivity index (χ3n) is 3.68. The molecule has 0 saturated carbocycles. The molecule has 5 nitrogen and oxygen atoms in total. The normalized spacial score (nSPS) is 12.3. The van der Waals surface area contributed by atoms with Crippen molar-refractivity contribution in [1.82, 2.24) is 5.32 Å². The van der Waals surface area contributed by atoms with Gasteiger partial charge in [-0.3, -0.25) is 9.59 Å². The number of rotatable bonds is 6. The molecule has 0 fully saturated rings. The van der Waals surface area contributed by atoms with E-state index in [1.807, 2.05) is 0 Å². The van der Waals surface area contributed by atoms with Crippen LogP contribution in [0.15, 0.2) is 83.1 Å². The van der Waals surface area contributed by atoms with Crippen molar-refractivity contribution in [2.75, 3.05) is 0 Å². The maximum Gasteiger partial charge on any atom is 0.252 e. The highest BCUT2D eigenvalue weighted by atomic mass is 32.2. The van der Waals surface area contributed by atoms with Crippen LogP contribution >= 0.6 is 11.3 Å². The van der Waals surface area contributed by atoms with Gasteiger partial charge in [-0.05, 0) is 35.7 Å². The number of hydrogen-bond donors (Lipinski definition) is 1. The lowest BCUT2D eigenvalue weighted by Gasteiger charge is -2.18. The Hall–Kier alpha value is -2.77. The molecule has 132 valence electrons. The highest BCUT2D eigenvalue weighted by Crippen LogP contribution is 2.20. The number of sulfone groups is 1. The Balaban J connectivity index is 2.00. The Kier molecular flexibility index (Phi) is 5.29. The summed E-state index contributed by atoms with van der Waals surface area (Å²) in [4.78, 5) is 25.5. The second kappa shape index (κ2) is 7.63. The van der Waals surface area contributed by atoms with Crippen LogP contribution in [-0.2, 0) is 9.84 Å². The second-order valence-corrected chi connectivity index (χ2v) is 8.40. The molecule has 26 heavy (non-hydrogen) atoms. The zero-order valence-corrected chi connectivity index (χ0v) is 15.2. The van der Waals surface area contributed by atoms with Gasteiger partial charge in [0.1, 0.15) is 0 Å². The molecule has 0 aliphatic rings. The number of carbonyl (C=O) groups is 2. The maximum absolute atomic E-state index is 13.0. The number of hydrogen-bond acceptors (Lipinski definition) is 5. The summed E-state index contributed by atoms with van der Waals surface area (Å²) in [5.41, 5.74) is 0.278. The SMILES string of the molecule is O=C(NC(C(=O)c1cccs1)S(=O)(=O)c1ccccc1)c1ccccc1. The fourth-order valence-corrected chi connectivity index (χ4v) is 4.62. The molecule has 0 saturated heterocycles. The number of nitrogens with one attached hydrogen (secondary N) is 1. The van der Waals surface area contributed by atoms with Crippen LogP contribution in [0.5, 0.6) is 0 Å². The molecule has 0 spiro atoms. The molecule has 3 aromatic rings. The molecule has 1 aromatic heterocycles. The first kappa shape index (κ1) is 18.0. The van der Waals surface area contributed by atoms with Crippen LogP contribution in [-0.4, -0.2) is 25.5 Å². The molecule has 7 heteroatoms. The Morgan fingerprint density at radius 3 is 2.04 bits per heavy atom. The Morgan fingerprint density at radius 1 is 0.846 bits per heavy atom. The van der Waals surface area contributed by atoms with Gasteiger partial charge < -0.3 is 5.32 Å². The zero-order chi connectivity index (χ0) is 18.6. The fourth-order valence-electron chi connectivity index (χ4n) is 2.37. The van der Waals surface area contributed by atoms with E-state index in [9.17, 15) is 18.0 Å². The van der Waals surface area contributed by atoms with Gasteiger partial charge in [-0.2, -0.15) is 0 Å². The maximum atomic E-state index is 13.0. The third kappa shape index (κ3) is 3.74. The van der Waals surface area contributed by atoms with Crippen LogP contribution in [0.3, 0.4) is 0 Å². The fraction of sp³-hybridized carbons (Fsp3) is 0.0526. The molecule has 0 radical (unpaired) electrons. The first-order valence-electron chi connectivity index (χ1n) is 7.73. The number of ketones is 1. The predicted octanol–water partition coefficient (Wildman–Crippen LogP) is 3.16. The van der Waals surface area contributed by atoms with Crippen molar-refractivity contribution >= 4 is 32.9 Å². The van der Waals surface area contributed by atoms with Gasteiger partial charge in [-0.25, -0.2) is 8.42 Å². The van der Waals surface area contributed by atoms with E-state index in [2.05, 4.69) is 5.32 Å². The topological polar surface area (TPSA) is 80.3 Å². The molecule has 1 amide bonds. The van der Waals surface area contributed by atoms with E-state index in [1.165, 1.54) is 18.2 Å². The van der Waals surface area contributed by atoms with Crippen molar-refractivity contribution in [2.45, 2.75) is 10.3 Å². The van der Waals surface area contributed by atoms with Gasteiger partial charge in [-0.1, -0.05) is 42.5 Å². The highest BCUT2D eigenvalue weighted by Gasteiger charge is 2.36. The average Bonchev–Trinajstić information content (AvgIpc) is 3.21. The lowest BCUT2D eigenvalue weighted by molar-refractivity contribution is 0.0890. The van der Waals surface area contributed by atoms with Gasteiger partial charge in [0, 0.05) is 5.56 Å². The number of carbonyl (C=O) groups excluding carboxylic acids is 2. The molecule has 3 rings (SSSR count). The van der Waals surface area contributed by atoms with Crippen molar-refractivity contribution in [3.05, 3.63) is 88.6 Å². The lowest BCUT2D eigenvalue weighted by atomic mass is 10.2. The van der Waals surface area contributed by atoms with E-state index in [4.69, 9.17) is 0 Å². The molecule has 1 unspecified atom stereocenters. The van der Waals surface area contributed by atoms with Crippen LogP contribution in [0.25, 0.3) is 0 Å². The van der Waals surface area contributed by atoms with Crippen LogP contribution in [0.2, 0.25) is 0 Å². The first-order valence-corrected chi connectivity index (χ1v) is 10.2. The van der Waals surface area contributed by atoms with Crippen LogP contribution in [0, 0.1) is 0 Å². The molecule has 1 heterocycles. The zero-order valence-electron chi connectivity index (χ0n) is 13.5. The molecule has 1 N–H and O–H groups in total. The van der Waals surface area contributed by atoms with E-state index < -0.39 is 26.9 Å². The van der Waals surface area contributed by atoms with Crippen molar-refractivity contribution in [2.24, 2.45) is 0 Å². The molecule has 2 aromatic carbocycles. The smallest absolute Gasteiger partial charge is 0.252 e. The van der Waals surface area contributed by atoms with E-state index >= 15 is 0 Å². The summed E-state index contributed by atoms with van der Waals surface area (Å²) in [5.74, 6) is -1.28. The van der Waals surface area contributed by atoms with Gasteiger partial charge >= 0.3 is 0 Å². The van der Waals surface area contributed by atoms with Crippen molar-refractivity contribution in [1.29, 1.82) is 0 Å². The largest absolute Gasteiger partial charge is 0.329 e. The first-order chi connectivity index (χ1) is 12.5. The minimum Gasteiger partial charge on any atom is -0.329 e. The van der Waals surface area contributed by atoms with Crippen LogP contribution in [0.1, 0.15) is 20.0 Å². The minimum atomic E-state index is -4.10. The van der Waals surface area contributed by atoms with Gasteiger partial charge in [-0.15, -0.1) is 11.3 Å². The second-order valence-electron chi connectivity index (χ2n) is 5.42.